The van der Waals surface area contributed by atoms with Gasteiger partial charge in [-0.15, -0.1) is 0 Å². The second kappa shape index (κ2) is 6.41. The van der Waals surface area contributed by atoms with E-state index in [9.17, 15) is 4.79 Å². The maximum atomic E-state index is 11.7. The van der Waals surface area contributed by atoms with Gasteiger partial charge in [0.25, 0.3) is 0 Å². The van der Waals surface area contributed by atoms with Crippen molar-refractivity contribution in [3.63, 3.8) is 0 Å². The SMILES string of the molecule is CCN(CC)C1CCN(C2CCC(NC)(C(N)=O)C2)C1. The molecule has 3 atom stereocenters. The normalized spacial score (nSPS) is 35.0. The first kappa shape index (κ1) is 15.7. The van der Waals surface area contributed by atoms with Crippen LogP contribution in [-0.2, 0) is 4.79 Å². The third kappa shape index (κ3) is 2.85. The Balaban J connectivity index is 1.94. The maximum Gasteiger partial charge on any atom is 0.237 e. The molecule has 20 heavy (non-hydrogen) atoms. The Morgan fingerprint density at radius 1 is 1.40 bits per heavy atom. The van der Waals surface area contributed by atoms with E-state index in [1.165, 1.54) is 6.42 Å². The molecule has 0 aromatic rings. The van der Waals surface area contributed by atoms with Crippen molar-refractivity contribution in [1.82, 2.24) is 15.1 Å². The summed E-state index contributed by atoms with van der Waals surface area (Å²) in [6, 6.07) is 1.19. The molecule has 116 valence electrons. The summed E-state index contributed by atoms with van der Waals surface area (Å²) in [7, 11) is 1.86. The Bertz CT molecular complexity index is 345. The van der Waals surface area contributed by atoms with E-state index in [2.05, 4.69) is 29.0 Å². The summed E-state index contributed by atoms with van der Waals surface area (Å²) in [5.74, 6) is -0.193. The minimum absolute atomic E-state index is 0.193. The van der Waals surface area contributed by atoms with Crippen LogP contribution >= 0.6 is 0 Å². The third-order valence-corrected chi connectivity index (χ3v) is 5.48. The molecular formula is C15H30N4O. The zero-order valence-electron chi connectivity index (χ0n) is 13.2. The summed E-state index contributed by atoms with van der Waals surface area (Å²) in [4.78, 5) is 16.8. The van der Waals surface area contributed by atoms with E-state index in [1.807, 2.05) is 7.05 Å². The van der Waals surface area contributed by atoms with Crippen LogP contribution < -0.4 is 11.1 Å². The lowest BCUT2D eigenvalue weighted by atomic mass is 9.96. The van der Waals surface area contributed by atoms with Crippen molar-refractivity contribution in [3.8, 4) is 0 Å². The Morgan fingerprint density at radius 2 is 2.10 bits per heavy atom. The number of likely N-dealkylation sites (tertiary alicyclic amines) is 1. The average Bonchev–Trinajstić information content (AvgIpc) is 3.07. The Labute approximate surface area is 122 Å². The van der Waals surface area contributed by atoms with E-state index >= 15 is 0 Å². The van der Waals surface area contributed by atoms with Gasteiger partial charge in [0.1, 0.15) is 0 Å². The van der Waals surface area contributed by atoms with Crippen molar-refractivity contribution in [1.29, 1.82) is 0 Å². The number of hydrogen-bond donors (Lipinski definition) is 2. The number of rotatable bonds is 6. The standard InChI is InChI=1S/C15H30N4O/c1-4-18(5-2)13-7-9-19(11-13)12-6-8-15(10-12,17-3)14(16)20/h12-13,17H,4-11H2,1-3H3,(H2,16,20). The molecule has 0 spiro atoms. The minimum atomic E-state index is -0.474. The van der Waals surface area contributed by atoms with Crippen LogP contribution in [0.15, 0.2) is 0 Å². The Hall–Kier alpha value is -0.650. The number of carbonyl (C=O) groups excluding carboxylic acids is 1. The molecule has 3 N–H and O–H groups in total. The van der Waals surface area contributed by atoms with Crippen LogP contribution in [0.5, 0.6) is 0 Å². The van der Waals surface area contributed by atoms with E-state index in [0.717, 1.165) is 45.4 Å². The molecule has 1 saturated heterocycles. The number of nitrogens with two attached hydrogens (primary N) is 1. The molecule has 0 aromatic carbocycles. The van der Waals surface area contributed by atoms with Gasteiger partial charge in [-0.05, 0) is 45.8 Å². The monoisotopic (exact) mass is 282 g/mol. The van der Waals surface area contributed by atoms with Gasteiger partial charge in [0.15, 0.2) is 0 Å². The van der Waals surface area contributed by atoms with Crippen LogP contribution in [0.25, 0.3) is 0 Å². The summed E-state index contributed by atoms with van der Waals surface area (Å²) in [6.45, 7) is 9.03. The predicted molar refractivity (Wildman–Crippen MR) is 81.5 cm³/mol. The largest absolute Gasteiger partial charge is 0.368 e. The fourth-order valence-electron chi connectivity index (χ4n) is 4.04. The van der Waals surface area contributed by atoms with Gasteiger partial charge in [-0.25, -0.2) is 0 Å². The number of carbonyl (C=O) groups is 1. The molecule has 1 amide bonds. The van der Waals surface area contributed by atoms with Crippen LogP contribution in [0.3, 0.4) is 0 Å². The molecule has 0 aromatic heterocycles. The van der Waals surface area contributed by atoms with Crippen molar-refractivity contribution in [2.45, 2.75) is 57.2 Å². The number of amides is 1. The fraction of sp³-hybridized carbons (Fsp3) is 0.933. The van der Waals surface area contributed by atoms with E-state index in [4.69, 9.17) is 5.73 Å². The van der Waals surface area contributed by atoms with E-state index in [0.29, 0.717) is 12.1 Å². The summed E-state index contributed by atoms with van der Waals surface area (Å²) < 4.78 is 0. The molecule has 2 rings (SSSR count). The van der Waals surface area contributed by atoms with Crippen LogP contribution in [0, 0.1) is 0 Å². The van der Waals surface area contributed by atoms with Gasteiger partial charge >= 0.3 is 0 Å². The second-order valence-electron chi connectivity index (χ2n) is 6.25. The van der Waals surface area contributed by atoms with E-state index < -0.39 is 5.54 Å². The van der Waals surface area contributed by atoms with Crippen LogP contribution in [0.4, 0.5) is 0 Å². The molecule has 1 aliphatic heterocycles. The maximum absolute atomic E-state index is 11.7. The van der Waals surface area contributed by atoms with Crippen LogP contribution in [-0.4, -0.2) is 66.6 Å². The highest BCUT2D eigenvalue weighted by atomic mass is 16.1. The summed E-state index contributed by atoms with van der Waals surface area (Å²) in [5, 5.41) is 3.18. The molecule has 5 nitrogen and oxygen atoms in total. The topological polar surface area (TPSA) is 61.6 Å². The number of likely N-dealkylation sites (N-methyl/N-ethyl adjacent to an activating group) is 2. The highest BCUT2D eigenvalue weighted by Gasteiger charge is 2.45. The number of hydrogen-bond acceptors (Lipinski definition) is 4. The van der Waals surface area contributed by atoms with Gasteiger partial charge in [-0.3, -0.25) is 14.6 Å². The Kier molecular flexibility index (Phi) is 5.04. The van der Waals surface area contributed by atoms with Gasteiger partial charge in [0.05, 0.1) is 5.54 Å². The first-order valence-corrected chi connectivity index (χ1v) is 8.03. The van der Waals surface area contributed by atoms with Crippen LogP contribution in [0.2, 0.25) is 0 Å². The fourth-order valence-corrected chi connectivity index (χ4v) is 4.04. The third-order valence-electron chi connectivity index (χ3n) is 5.48. The first-order chi connectivity index (χ1) is 9.56. The quantitative estimate of drug-likeness (QED) is 0.740. The Morgan fingerprint density at radius 3 is 2.60 bits per heavy atom. The molecule has 0 radical (unpaired) electrons. The van der Waals surface area contributed by atoms with Gasteiger partial charge < -0.3 is 11.1 Å². The molecular weight excluding hydrogens is 252 g/mol. The van der Waals surface area contributed by atoms with Crippen molar-refractivity contribution in [3.05, 3.63) is 0 Å². The molecule has 1 saturated carbocycles. The van der Waals surface area contributed by atoms with Crippen LogP contribution in [0.1, 0.15) is 39.5 Å². The van der Waals surface area contributed by atoms with Crippen molar-refractivity contribution in [2.24, 2.45) is 5.73 Å². The first-order valence-electron chi connectivity index (χ1n) is 8.03. The second-order valence-corrected chi connectivity index (χ2v) is 6.25. The van der Waals surface area contributed by atoms with Crippen molar-refractivity contribution in [2.75, 3.05) is 33.2 Å². The summed E-state index contributed by atoms with van der Waals surface area (Å²) in [5.41, 5.74) is 5.12. The van der Waals surface area contributed by atoms with Gasteiger partial charge in [-0.1, -0.05) is 13.8 Å². The molecule has 3 unspecified atom stereocenters. The lowest BCUT2D eigenvalue weighted by Gasteiger charge is -2.30. The van der Waals surface area contributed by atoms with E-state index in [-0.39, 0.29) is 5.91 Å². The lowest BCUT2D eigenvalue weighted by Crippen LogP contribution is -2.53. The smallest absolute Gasteiger partial charge is 0.237 e. The summed E-state index contributed by atoms with van der Waals surface area (Å²) >= 11 is 0. The molecule has 2 aliphatic rings. The molecule has 1 aliphatic carbocycles. The van der Waals surface area contributed by atoms with Crippen molar-refractivity contribution >= 4 is 5.91 Å². The average molecular weight is 282 g/mol. The number of primary amides is 1. The molecule has 2 fully saturated rings. The van der Waals surface area contributed by atoms with Gasteiger partial charge in [0.2, 0.25) is 5.91 Å². The number of nitrogens with one attached hydrogen (secondary N) is 1. The van der Waals surface area contributed by atoms with Gasteiger partial charge in [-0.2, -0.15) is 0 Å². The highest BCUT2D eigenvalue weighted by molar-refractivity contribution is 5.85. The highest BCUT2D eigenvalue weighted by Crippen LogP contribution is 2.34. The summed E-state index contributed by atoms with van der Waals surface area (Å²) in [6.07, 6.45) is 4.07. The lowest BCUT2D eigenvalue weighted by molar-refractivity contribution is -0.124. The van der Waals surface area contributed by atoms with Crippen molar-refractivity contribution < 1.29 is 4.79 Å². The molecule has 0 bridgehead atoms. The zero-order valence-corrected chi connectivity index (χ0v) is 13.2. The zero-order chi connectivity index (χ0) is 14.8. The van der Waals surface area contributed by atoms with Gasteiger partial charge in [0, 0.05) is 25.2 Å². The molecule has 5 heteroatoms. The molecule has 1 heterocycles. The van der Waals surface area contributed by atoms with E-state index in [1.54, 1.807) is 0 Å². The number of nitrogens with zero attached hydrogens (tertiary/aromatic N) is 2. The predicted octanol–water partition coefficient (Wildman–Crippen LogP) is 0.399. The minimum Gasteiger partial charge on any atom is -0.368 e.